The molecule has 3 aromatic rings. The molecule has 0 amide bonds. The first kappa shape index (κ1) is 16.6. The quantitative estimate of drug-likeness (QED) is 0.487. The van der Waals surface area contributed by atoms with Gasteiger partial charge in [-0.3, -0.25) is 0 Å². The third kappa shape index (κ3) is 3.06. The van der Waals surface area contributed by atoms with Crippen molar-refractivity contribution < 1.29 is 22.1 Å². The van der Waals surface area contributed by atoms with Crippen LogP contribution < -0.4 is 0 Å². The van der Waals surface area contributed by atoms with Gasteiger partial charge in [-0.05, 0) is 37.1 Å². The van der Waals surface area contributed by atoms with Gasteiger partial charge in [-0.2, -0.15) is 18.2 Å². The van der Waals surface area contributed by atoms with Gasteiger partial charge in [0, 0.05) is 5.39 Å². The Balaban J connectivity index is 2.26. The highest BCUT2D eigenvalue weighted by molar-refractivity contribution is 6.32. The van der Waals surface area contributed by atoms with Crippen molar-refractivity contribution in [1.82, 2.24) is 15.1 Å². The van der Waals surface area contributed by atoms with Crippen molar-refractivity contribution in [3.05, 3.63) is 40.1 Å². The standard InChI is InChI=1S/C15H10ClF4N3O/c1-6-9-3-8(5-15(18,19)20)4-10(17)12(9)22-13(16)11(6)14-21-7(2)23-24-14/h3-4H,5H2,1-2H3. The second kappa shape index (κ2) is 5.70. The molecule has 24 heavy (non-hydrogen) atoms. The van der Waals surface area contributed by atoms with Crippen LogP contribution in [0.4, 0.5) is 17.6 Å². The van der Waals surface area contributed by atoms with Crippen LogP contribution >= 0.6 is 11.6 Å². The van der Waals surface area contributed by atoms with Crippen LogP contribution in [0.5, 0.6) is 0 Å². The van der Waals surface area contributed by atoms with E-state index in [4.69, 9.17) is 16.1 Å². The summed E-state index contributed by atoms with van der Waals surface area (Å²) in [6, 6.07) is 2.06. The molecule has 1 aromatic carbocycles. The smallest absolute Gasteiger partial charge is 0.334 e. The molecule has 4 nitrogen and oxygen atoms in total. The summed E-state index contributed by atoms with van der Waals surface area (Å²) in [5.74, 6) is -0.436. The summed E-state index contributed by atoms with van der Waals surface area (Å²) in [5.41, 5.74) is 0.376. The third-order valence-corrected chi connectivity index (χ3v) is 3.74. The molecular formula is C15H10ClF4N3O. The summed E-state index contributed by atoms with van der Waals surface area (Å²) >= 11 is 6.08. The fourth-order valence-electron chi connectivity index (χ4n) is 2.48. The lowest BCUT2D eigenvalue weighted by molar-refractivity contribution is -0.127. The molecule has 2 aromatic heterocycles. The highest BCUT2D eigenvalue weighted by Crippen LogP contribution is 2.35. The second-order valence-electron chi connectivity index (χ2n) is 5.32. The molecule has 0 radical (unpaired) electrons. The Morgan fingerprint density at radius 1 is 1.17 bits per heavy atom. The van der Waals surface area contributed by atoms with Crippen LogP contribution in [0.15, 0.2) is 16.7 Å². The average Bonchev–Trinajstić information content (AvgIpc) is 2.85. The van der Waals surface area contributed by atoms with E-state index in [1.165, 1.54) is 6.07 Å². The Kier molecular flexibility index (Phi) is 3.95. The minimum atomic E-state index is -4.44. The minimum Gasteiger partial charge on any atom is -0.334 e. The van der Waals surface area contributed by atoms with E-state index in [9.17, 15) is 17.6 Å². The zero-order chi connectivity index (χ0) is 17.6. The van der Waals surface area contributed by atoms with Gasteiger partial charge in [0.1, 0.15) is 16.5 Å². The van der Waals surface area contributed by atoms with Crippen LogP contribution in [0.2, 0.25) is 5.15 Å². The molecule has 0 fully saturated rings. The number of fused-ring (bicyclic) bond motifs is 1. The van der Waals surface area contributed by atoms with Gasteiger partial charge in [-0.1, -0.05) is 16.8 Å². The number of aryl methyl sites for hydroxylation is 2. The van der Waals surface area contributed by atoms with Gasteiger partial charge in [0.05, 0.1) is 12.0 Å². The number of hydrogen-bond acceptors (Lipinski definition) is 4. The predicted molar refractivity (Wildman–Crippen MR) is 79.2 cm³/mol. The van der Waals surface area contributed by atoms with Crippen LogP contribution in [0.3, 0.4) is 0 Å². The fourth-order valence-corrected chi connectivity index (χ4v) is 2.79. The molecule has 0 bridgehead atoms. The van der Waals surface area contributed by atoms with E-state index in [1.807, 2.05) is 0 Å². The van der Waals surface area contributed by atoms with Gasteiger partial charge in [0.2, 0.25) is 0 Å². The number of nitrogens with zero attached hydrogens (tertiary/aromatic N) is 3. The van der Waals surface area contributed by atoms with E-state index >= 15 is 0 Å². The van der Waals surface area contributed by atoms with Crippen LogP contribution in [0.25, 0.3) is 22.4 Å². The maximum absolute atomic E-state index is 14.2. The van der Waals surface area contributed by atoms with Crippen LogP contribution in [0, 0.1) is 19.7 Å². The van der Waals surface area contributed by atoms with Crippen molar-refractivity contribution in [2.45, 2.75) is 26.4 Å². The molecule has 0 aliphatic carbocycles. The maximum Gasteiger partial charge on any atom is 0.393 e. The first-order valence-corrected chi connectivity index (χ1v) is 7.19. The molecule has 0 unspecified atom stereocenters. The molecular weight excluding hydrogens is 350 g/mol. The van der Waals surface area contributed by atoms with E-state index in [-0.39, 0.29) is 33.1 Å². The molecule has 0 spiro atoms. The highest BCUT2D eigenvalue weighted by Gasteiger charge is 2.29. The Labute approximate surface area is 138 Å². The average molecular weight is 360 g/mol. The lowest BCUT2D eigenvalue weighted by atomic mass is 10.0. The number of benzene rings is 1. The van der Waals surface area contributed by atoms with E-state index < -0.39 is 18.4 Å². The first-order chi connectivity index (χ1) is 11.2. The van der Waals surface area contributed by atoms with E-state index in [1.54, 1.807) is 13.8 Å². The number of rotatable bonds is 2. The largest absolute Gasteiger partial charge is 0.393 e. The molecule has 9 heteroatoms. The molecule has 126 valence electrons. The summed E-state index contributed by atoms with van der Waals surface area (Å²) in [5, 5.41) is 3.79. The normalized spacial score (nSPS) is 12.1. The maximum atomic E-state index is 14.2. The van der Waals surface area contributed by atoms with Crippen molar-refractivity contribution in [3.63, 3.8) is 0 Å². The predicted octanol–water partition coefficient (Wildman–Crippen LogP) is 4.80. The van der Waals surface area contributed by atoms with Gasteiger partial charge < -0.3 is 4.52 Å². The summed E-state index contributed by atoms with van der Waals surface area (Å²) in [4.78, 5) is 7.98. The van der Waals surface area contributed by atoms with E-state index in [0.29, 0.717) is 11.4 Å². The van der Waals surface area contributed by atoms with Crippen molar-refractivity contribution in [2.75, 3.05) is 0 Å². The molecule has 0 saturated heterocycles. The van der Waals surface area contributed by atoms with E-state index in [2.05, 4.69) is 15.1 Å². The molecule has 0 N–H and O–H groups in total. The summed E-state index contributed by atoms with van der Waals surface area (Å²) in [7, 11) is 0. The molecule has 3 rings (SSSR count). The van der Waals surface area contributed by atoms with Crippen molar-refractivity contribution in [2.24, 2.45) is 0 Å². The molecule has 0 atom stereocenters. The molecule has 2 heterocycles. The van der Waals surface area contributed by atoms with Crippen LogP contribution in [-0.4, -0.2) is 21.3 Å². The summed E-state index contributed by atoms with van der Waals surface area (Å²) in [6.45, 7) is 3.19. The Morgan fingerprint density at radius 3 is 2.46 bits per heavy atom. The Hall–Kier alpha value is -2.22. The minimum absolute atomic E-state index is 0.0638. The van der Waals surface area contributed by atoms with E-state index in [0.717, 1.165) is 6.07 Å². The third-order valence-electron chi connectivity index (χ3n) is 3.46. The van der Waals surface area contributed by atoms with Crippen molar-refractivity contribution >= 4 is 22.5 Å². The van der Waals surface area contributed by atoms with Gasteiger partial charge >= 0.3 is 6.18 Å². The SMILES string of the molecule is Cc1noc(-c2c(Cl)nc3c(F)cc(CC(F)(F)F)cc3c2C)n1. The Morgan fingerprint density at radius 2 is 1.88 bits per heavy atom. The highest BCUT2D eigenvalue weighted by atomic mass is 35.5. The van der Waals surface area contributed by atoms with Crippen molar-refractivity contribution in [3.8, 4) is 11.5 Å². The van der Waals surface area contributed by atoms with Gasteiger partial charge in [-0.15, -0.1) is 0 Å². The van der Waals surface area contributed by atoms with Crippen molar-refractivity contribution in [1.29, 1.82) is 0 Å². The monoisotopic (exact) mass is 359 g/mol. The number of pyridine rings is 1. The molecule has 0 saturated carbocycles. The van der Waals surface area contributed by atoms with Crippen LogP contribution in [0.1, 0.15) is 17.0 Å². The van der Waals surface area contributed by atoms with Gasteiger partial charge in [0.25, 0.3) is 5.89 Å². The number of alkyl halides is 3. The second-order valence-corrected chi connectivity index (χ2v) is 5.67. The molecule has 0 aliphatic heterocycles. The summed E-state index contributed by atoms with van der Waals surface area (Å²) < 4.78 is 57.0. The zero-order valence-electron chi connectivity index (χ0n) is 12.5. The van der Waals surface area contributed by atoms with Gasteiger partial charge in [0.15, 0.2) is 5.82 Å². The van der Waals surface area contributed by atoms with Crippen LogP contribution in [-0.2, 0) is 6.42 Å². The topological polar surface area (TPSA) is 51.8 Å². The lowest BCUT2D eigenvalue weighted by Gasteiger charge is -2.12. The first-order valence-electron chi connectivity index (χ1n) is 6.81. The summed E-state index contributed by atoms with van der Waals surface area (Å²) in [6.07, 6.45) is -5.68. The number of halogens is 5. The fraction of sp³-hybridized carbons (Fsp3) is 0.267. The number of hydrogen-bond donors (Lipinski definition) is 0. The Bertz CT molecular complexity index is 937. The number of aromatic nitrogens is 3. The zero-order valence-corrected chi connectivity index (χ0v) is 13.3. The molecule has 0 aliphatic rings. The van der Waals surface area contributed by atoms with Gasteiger partial charge in [-0.25, -0.2) is 9.37 Å². The lowest BCUT2D eigenvalue weighted by Crippen LogP contribution is -2.12.